The van der Waals surface area contributed by atoms with Gasteiger partial charge in [0.05, 0.1) is 0 Å². The predicted molar refractivity (Wildman–Crippen MR) is 148 cm³/mol. The number of nitrogens with zero attached hydrogens (tertiary/aromatic N) is 1. The van der Waals surface area contributed by atoms with E-state index in [1.807, 2.05) is 82.3 Å². The number of halogens is 2. The van der Waals surface area contributed by atoms with Crippen LogP contribution in [0, 0.1) is 6.92 Å². The zero-order valence-corrected chi connectivity index (χ0v) is 22.9. The summed E-state index contributed by atoms with van der Waals surface area (Å²) in [6.07, 6.45) is 1.21. The fourth-order valence-corrected chi connectivity index (χ4v) is 4.53. The van der Waals surface area contributed by atoms with E-state index in [2.05, 4.69) is 5.32 Å². The summed E-state index contributed by atoms with van der Waals surface area (Å²) < 4.78 is 0. The maximum atomic E-state index is 13.8. The molecule has 0 aliphatic carbocycles. The number of nitrogens with one attached hydrogen (secondary N) is 1. The molecule has 1 atom stereocenters. The molecule has 0 heterocycles. The molecule has 3 aromatic carbocycles. The molecule has 1 N–H and O–H groups in total. The van der Waals surface area contributed by atoms with Crippen molar-refractivity contribution >= 4 is 35.0 Å². The third-order valence-electron chi connectivity index (χ3n) is 5.91. The second-order valence-electron chi connectivity index (χ2n) is 10.2. The van der Waals surface area contributed by atoms with Crippen molar-refractivity contribution in [3.05, 3.63) is 105 Å². The lowest BCUT2D eigenvalue weighted by Crippen LogP contribution is -2.54. The van der Waals surface area contributed by atoms with Gasteiger partial charge in [-0.05, 0) is 57.4 Å². The SMILES string of the molecule is Cc1ccc(CCC(=O)N(Cc2c(Cl)cccc2Cl)[C@H](Cc2ccccc2)C(=O)NC(C)(C)C)cc1. The molecule has 3 rings (SSSR count). The third kappa shape index (κ3) is 8.11. The van der Waals surface area contributed by atoms with Gasteiger partial charge in [-0.15, -0.1) is 0 Å². The fourth-order valence-electron chi connectivity index (χ4n) is 4.01. The Morgan fingerprint density at radius 3 is 2.06 bits per heavy atom. The summed E-state index contributed by atoms with van der Waals surface area (Å²) in [6, 6.07) is 22.4. The summed E-state index contributed by atoms with van der Waals surface area (Å²) in [5, 5.41) is 4.00. The number of aryl methyl sites for hydroxylation is 2. The molecule has 0 aliphatic rings. The van der Waals surface area contributed by atoms with Gasteiger partial charge in [-0.1, -0.05) is 89.4 Å². The Labute approximate surface area is 224 Å². The molecule has 4 nitrogen and oxygen atoms in total. The number of carbonyl (C=O) groups is 2. The van der Waals surface area contributed by atoms with E-state index in [1.165, 1.54) is 5.56 Å². The largest absolute Gasteiger partial charge is 0.350 e. The molecule has 190 valence electrons. The standard InChI is InChI=1S/C30H34Cl2N2O2/c1-21-13-15-22(16-14-21)17-18-28(35)34(20-24-25(31)11-8-12-26(24)32)27(29(36)33-30(2,3)4)19-23-9-6-5-7-10-23/h5-16,27H,17-20H2,1-4H3,(H,33,36)/t27-/m1/s1. The van der Waals surface area contributed by atoms with E-state index >= 15 is 0 Å². The molecular formula is C30H34Cl2N2O2. The van der Waals surface area contributed by atoms with E-state index < -0.39 is 11.6 Å². The summed E-state index contributed by atoms with van der Waals surface area (Å²) >= 11 is 13.0. The van der Waals surface area contributed by atoms with E-state index in [0.717, 1.165) is 11.1 Å². The molecule has 0 spiro atoms. The van der Waals surface area contributed by atoms with Gasteiger partial charge in [0.2, 0.25) is 11.8 Å². The Morgan fingerprint density at radius 2 is 1.47 bits per heavy atom. The number of rotatable bonds is 9. The van der Waals surface area contributed by atoms with Crippen molar-refractivity contribution in [3.63, 3.8) is 0 Å². The van der Waals surface area contributed by atoms with E-state index in [-0.39, 0.29) is 24.8 Å². The molecule has 0 aromatic heterocycles. The van der Waals surface area contributed by atoms with Crippen LogP contribution in [0.25, 0.3) is 0 Å². The van der Waals surface area contributed by atoms with E-state index in [0.29, 0.717) is 28.5 Å². The van der Waals surface area contributed by atoms with Crippen molar-refractivity contribution in [2.75, 3.05) is 0 Å². The average Bonchev–Trinajstić information content (AvgIpc) is 2.82. The smallest absolute Gasteiger partial charge is 0.243 e. The van der Waals surface area contributed by atoms with Crippen LogP contribution in [0.15, 0.2) is 72.8 Å². The van der Waals surface area contributed by atoms with Crippen LogP contribution >= 0.6 is 23.2 Å². The van der Waals surface area contributed by atoms with Gasteiger partial charge >= 0.3 is 0 Å². The molecule has 0 unspecified atom stereocenters. The topological polar surface area (TPSA) is 49.4 Å². The molecule has 6 heteroatoms. The van der Waals surface area contributed by atoms with Gasteiger partial charge in [-0.2, -0.15) is 0 Å². The first kappa shape index (κ1) is 27.8. The van der Waals surface area contributed by atoms with Crippen LogP contribution in [0.5, 0.6) is 0 Å². The van der Waals surface area contributed by atoms with Crippen molar-refractivity contribution in [3.8, 4) is 0 Å². The lowest BCUT2D eigenvalue weighted by molar-refractivity contribution is -0.141. The summed E-state index contributed by atoms with van der Waals surface area (Å²) in [5.74, 6) is -0.338. The van der Waals surface area contributed by atoms with Gasteiger partial charge in [-0.25, -0.2) is 0 Å². The van der Waals surface area contributed by atoms with Crippen LogP contribution < -0.4 is 5.32 Å². The molecule has 2 amide bonds. The van der Waals surface area contributed by atoms with Gasteiger partial charge in [0.1, 0.15) is 6.04 Å². The Kier molecular flexibility index (Phi) is 9.58. The van der Waals surface area contributed by atoms with E-state index in [9.17, 15) is 9.59 Å². The molecule has 0 saturated heterocycles. The van der Waals surface area contributed by atoms with Crippen LogP contribution in [-0.2, 0) is 29.0 Å². The highest BCUT2D eigenvalue weighted by Crippen LogP contribution is 2.28. The Hall–Kier alpha value is -2.82. The molecule has 36 heavy (non-hydrogen) atoms. The number of hydrogen-bond donors (Lipinski definition) is 1. The zero-order valence-electron chi connectivity index (χ0n) is 21.4. The molecule has 0 aliphatic heterocycles. The number of hydrogen-bond acceptors (Lipinski definition) is 2. The Morgan fingerprint density at radius 1 is 0.861 bits per heavy atom. The van der Waals surface area contributed by atoms with Crippen molar-refractivity contribution in [2.24, 2.45) is 0 Å². The monoisotopic (exact) mass is 524 g/mol. The van der Waals surface area contributed by atoms with Crippen LogP contribution in [0.4, 0.5) is 0 Å². The maximum Gasteiger partial charge on any atom is 0.243 e. The number of carbonyl (C=O) groups excluding carboxylic acids is 2. The quantitative estimate of drug-likeness (QED) is 0.335. The summed E-state index contributed by atoms with van der Waals surface area (Å²) in [7, 11) is 0. The van der Waals surface area contributed by atoms with E-state index in [1.54, 1.807) is 23.1 Å². The van der Waals surface area contributed by atoms with Gasteiger partial charge in [0, 0.05) is 40.5 Å². The molecule has 0 radical (unpaired) electrons. The maximum absolute atomic E-state index is 13.8. The van der Waals surface area contributed by atoms with Crippen LogP contribution in [0.1, 0.15) is 49.4 Å². The lowest BCUT2D eigenvalue weighted by atomic mass is 9.99. The molecule has 0 bridgehead atoms. The second kappa shape index (κ2) is 12.4. The highest BCUT2D eigenvalue weighted by atomic mass is 35.5. The van der Waals surface area contributed by atoms with Crippen molar-refractivity contribution in [2.45, 2.75) is 65.1 Å². The summed E-state index contributed by atoms with van der Waals surface area (Å²) in [5.41, 5.74) is 3.38. The van der Waals surface area contributed by atoms with Crippen LogP contribution in [0.2, 0.25) is 10.0 Å². The minimum Gasteiger partial charge on any atom is -0.350 e. The first-order valence-electron chi connectivity index (χ1n) is 12.2. The fraction of sp³-hybridized carbons (Fsp3) is 0.333. The third-order valence-corrected chi connectivity index (χ3v) is 6.62. The highest BCUT2D eigenvalue weighted by Gasteiger charge is 2.32. The summed E-state index contributed by atoms with van der Waals surface area (Å²) in [6.45, 7) is 7.96. The predicted octanol–water partition coefficient (Wildman–Crippen LogP) is 6.79. The molecular weight excluding hydrogens is 491 g/mol. The lowest BCUT2D eigenvalue weighted by Gasteiger charge is -2.34. The van der Waals surface area contributed by atoms with Gasteiger partial charge < -0.3 is 10.2 Å². The van der Waals surface area contributed by atoms with Gasteiger partial charge in [-0.3, -0.25) is 9.59 Å². The van der Waals surface area contributed by atoms with Gasteiger partial charge in [0.15, 0.2) is 0 Å². The first-order valence-corrected chi connectivity index (χ1v) is 12.9. The molecule has 3 aromatic rings. The summed E-state index contributed by atoms with van der Waals surface area (Å²) in [4.78, 5) is 29.0. The Bertz CT molecular complexity index is 1150. The van der Waals surface area contributed by atoms with Crippen LogP contribution in [-0.4, -0.2) is 28.3 Å². The molecule has 0 fully saturated rings. The Balaban J connectivity index is 1.97. The first-order chi connectivity index (χ1) is 17.0. The normalized spacial score (nSPS) is 12.2. The zero-order chi connectivity index (χ0) is 26.3. The van der Waals surface area contributed by atoms with Crippen LogP contribution in [0.3, 0.4) is 0 Å². The van der Waals surface area contributed by atoms with Crippen molar-refractivity contribution in [1.82, 2.24) is 10.2 Å². The second-order valence-corrected chi connectivity index (χ2v) is 11.0. The highest BCUT2D eigenvalue weighted by molar-refractivity contribution is 6.36. The minimum atomic E-state index is -0.732. The minimum absolute atomic E-state index is 0.128. The van der Waals surface area contributed by atoms with Crippen molar-refractivity contribution in [1.29, 1.82) is 0 Å². The number of benzene rings is 3. The average molecular weight is 526 g/mol. The van der Waals surface area contributed by atoms with E-state index in [4.69, 9.17) is 23.2 Å². The number of amides is 2. The molecule has 0 saturated carbocycles. The van der Waals surface area contributed by atoms with Crippen molar-refractivity contribution < 1.29 is 9.59 Å². The van der Waals surface area contributed by atoms with Gasteiger partial charge in [0.25, 0.3) is 0 Å².